The van der Waals surface area contributed by atoms with Gasteiger partial charge in [-0.2, -0.15) is 0 Å². The fraction of sp³-hybridized carbons (Fsp3) is 0.143. The van der Waals surface area contributed by atoms with E-state index in [1.54, 1.807) is 30.3 Å². The number of anilines is 1. The van der Waals surface area contributed by atoms with Crippen molar-refractivity contribution in [3.05, 3.63) is 63.0 Å². The number of benzene rings is 2. The number of carboxylic acids is 1. The number of rotatable bonds is 7. The predicted molar refractivity (Wildman–Crippen MR) is 120 cm³/mol. The van der Waals surface area contributed by atoms with Gasteiger partial charge in [-0.15, -0.1) is 0 Å². The highest BCUT2D eigenvalue weighted by Gasteiger charge is 2.36. The Hall–Kier alpha value is -3.11. The van der Waals surface area contributed by atoms with Crippen LogP contribution in [0.3, 0.4) is 0 Å². The molecule has 1 heterocycles. The zero-order valence-corrected chi connectivity index (χ0v) is 18.7. The van der Waals surface area contributed by atoms with E-state index in [-0.39, 0.29) is 17.4 Å². The van der Waals surface area contributed by atoms with E-state index in [0.29, 0.717) is 38.1 Å². The van der Waals surface area contributed by atoms with E-state index in [1.165, 1.54) is 6.08 Å². The Kier molecular flexibility index (Phi) is 7.13. The molecule has 2 aromatic carbocycles. The van der Waals surface area contributed by atoms with Gasteiger partial charge >= 0.3 is 5.97 Å². The molecular formula is C21H17BrN2O6S. The molecule has 1 aliphatic rings. The molecule has 1 aliphatic heterocycles. The molecule has 0 atom stereocenters. The summed E-state index contributed by atoms with van der Waals surface area (Å²) in [6, 6.07) is 12.3. The van der Waals surface area contributed by atoms with E-state index in [2.05, 4.69) is 21.2 Å². The molecule has 0 aromatic heterocycles. The summed E-state index contributed by atoms with van der Waals surface area (Å²) in [5.74, 6) is -2.01. The van der Waals surface area contributed by atoms with Gasteiger partial charge in [0, 0.05) is 15.7 Å². The van der Waals surface area contributed by atoms with Crippen LogP contribution in [0, 0.1) is 6.92 Å². The van der Waals surface area contributed by atoms with Crippen LogP contribution in [0.2, 0.25) is 0 Å². The Labute approximate surface area is 190 Å². The van der Waals surface area contributed by atoms with Crippen molar-refractivity contribution in [2.75, 3.05) is 18.5 Å². The molecule has 3 amide bonds. The lowest BCUT2D eigenvalue weighted by molar-refractivity contribution is -0.140. The number of hydrogen-bond donors (Lipinski definition) is 2. The Morgan fingerprint density at radius 3 is 2.58 bits per heavy atom. The molecule has 2 aromatic rings. The number of aliphatic carboxylic acids is 1. The highest BCUT2D eigenvalue weighted by Crippen LogP contribution is 2.34. The van der Waals surface area contributed by atoms with Gasteiger partial charge in [-0.3, -0.25) is 24.1 Å². The smallest absolute Gasteiger partial charge is 0.323 e. The fourth-order valence-electron chi connectivity index (χ4n) is 2.65. The lowest BCUT2D eigenvalue weighted by Crippen LogP contribution is -2.33. The van der Waals surface area contributed by atoms with Crippen molar-refractivity contribution in [2.24, 2.45) is 0 Å². The first-order valence-electron chi connectivity index (χ1n) is 8.99. The number of carboxylic acid groups (broad SMARTS) is 1. The van der Waals surface area contributed by atoms with Crippen LogP contribution in [-0.4, -0.2) is 46.2 Å². The van der Waals surface area contributed by atoms with E-state index in [4.69, 9.17) is 9.84 Å². The summed E-state index contributed by atoms with van der Waals surface area (Å²) in [5.41, 5.74) is 2.17. The quantitative estimate of drug-likeness (QED) is 0.549. The van der Waals surface area contributed by atoms with Crippen molar-refractivity contribution in [2.45, 2.75) is 6.92 Å². The Bertz CT molecular complexity index is 1080. The summed E-state index contributed by atoms with van der Waals surface area (Å²) in [5, 5.41) is 10.9. The van der Waals surface area contributed by atoms with Gasteiger partial charge in [-0.25, -0.2) is 0 Å². The van der Waals surface area contributed by atoms with Gasteiger partial charge in [0.05, 0.1) is 4.91 Å². The van der Waals surface area contributed by atoms with Crippen molar-refractivity contribution in [1.29, 1.82) is 0 Å². The number of ether oxygens (including phenoxy) is 1. The normalized spacial score (nSPS) is 14.8. The van der Waals surface area contributed by atoms with Crippen LogP contribution in [0.4, 0.5) is 10.5 Å². The maximum atomic E-state index is 12.4. The molecule has 0 radical (unpaired) electrons. The van der Waals surface area contributed by atoms with Crippen LogP contribution < -0.4 is 10.1 Å². The van der Waals surface area contributed by atoms with Gasteiger partial charge in [0.25, 0.3) is 17.1 Å². The summed E-state index contributed by atoms with van der Waals surface area (Å²) in [6.45, 7) is 0.972. The molecule has 0 saturated carbocycles. The van der Waals surface area contributed by atoms with E-state index >= 15 is 0 Å². The molecule has 10 heteroatoms. The number of thioether (sulfide) groups is 1. The molecule has 31 heavy (non-hydrogen) atoms. The second-order valence-electron chi connectivity index (χ2n) is 6.55. The highest BCUT2D eigenvalue weighted by molar-refractivity contribution is 9.10. The highest BCUT2D eigenvalue weighted by atomic mass is 79.9. The third-order valence-electron chi connectivity index (χ3n) is 4.12. The van der Waals surface area contributed by atoms with Crippen LogP contribution in [0.5, 0.6) is 5.75 Å². The van der Waals surface area contributed by atoms with Crippen LogP contribution >= 0.6 is 27.7 Å². The summed E-state index contributed by atoms with van der Waals surface area (Å²) < 4.78 is 6.32. The average Bonchev–Trinajstić information content (AvgIpc) is 2.96. The zero-order valence-electron chi connectivity index (χ0n) is 16.3. The molecule has 1 fully saturated rings. The Morgan fingerprint density at radius 1 is 1.19 bits per heavy atom. The van der Waals surface area contributed by atoms with Crippen molar-refractivity contribution < 1.29 is 29.0 Å². The number of aryl methyl sites for hydroxylation is 1. The molecule has 8 nitrogen and oxygen atoms in total. The largest absolute Gasteiger partial charge is 0.483 e. The number of nitrogens with one attached hydrogen (secondary N) is 1. The van der Waals surface area contributed by atoms with Gasteiger partial charge in [-0.05, 0) is 55.1 Å². The summed E-state index contributed by atoms with van der Waals surface area (Å²) in [6.07, 6.45) is 1.44. The number of carbonyl (C=O) groups excluding carboxylic acids is 3. The molecule has 0 bridgehead atoms. The maximum absolute atomic E-state index is 12.4. The second-order valence-corrected chi connectivity index (χ2v) is 8.46. The van der Waals surface area contributed by atoms with E-state index in [1.807, 2.05) is 19.1 Å². The van der Waals surface area contributed by atoms with Gasteiger partial charge < -0.3 is 15.2 Å². The van der Waals surface area contributed by atoms with Crippen molar-refractivity contribution in [3.63, 3.8) is 0 Å². The zero-order chi connectivity index (χ0) is 22.5. The first-order chi connectivity index (χ1) is 14.7. The third-order valence-corrected chi connectivity index (χ3v) is 5.52. The molecule has 0 unspecified atom stereocenters. The number of halogens is 1. The minimum atomic E-state index is -1.28. The SMILES string of the molecule is Cc1ccc(NC(=O)COc2ccc(Br)cc2/C=C2\SC(=O)N(CC(=O)O)C2=O)cc1. The number of carbonyl (C=O) groups is 4. The lowest BCUT2D eigenvalue weighted by Gasteiger charge is -2.11. The van der Waals surface area contributed by atoms with E-state index in [0.717, 1.165) is 5.56 Å². The van der Waals surface area contributed by atoms with Gasteiger partial charge in [0.15, 0.2) is 6.61 Å². The first kappa shape index (κ1) is 22.6. The van der Waals surface area contributed by atoms with E-state index < -0.39 is 23.7 Å². The van der Waals surface area contributed by atoms with Crippen LogP contribution in [0.1, 0.15) is 11.1 Å². The monoisotopic (exact) mass is 504 g/mol. The van der Waals surface area contributed by atoms with Crippen LogP contribution in [-0.2, 0) is 14.4 Å². The standard InChI is InChI=1S/C21H17BrN2O6S/c1-12-2-5-15(6-3-12)23-18(25)11-30-16-7-4-14(22)8-13(16)9-17-20(28)24(10-19(26)27)21(29)31-17/h2-9H,10-11H2,1H3,(H,23,25)(H,26,27)/b17-9-. The van der Waals surface area contributed by atoms with Crippen molar-refractivity contribution in [3.8, 4) is 5.75 Å². The topological polar surface area (TPSA) is 113 Å². The molecule has 2 N–H and O–H groups in total. The molecule has 0 spiro atoms. The second kappa shape index (κ2) is 9.80. The minimum absolute atomic E-state index is 0.0679. The van der Waals surface area contributed by atoms with Gasteiger partial charge in [-0.1, -0.05) is 33.6 Å². The van der Waals surface area contributed by atoms with Crippen molar-refractivity contribution >= 4 is 62.5 Å². The molecule has 1 saturated heterocycles. The fourth-order valence-corrected chi connectivity index (χ4v) is 3.86. The number of amides is 3. The summed E-state index contributed by atoms with van der Waals surface area (Å²) in [7, 11) is 0. The average molecular weight is 505 g/mol. The minimum Gasteiger partial charge on any atom is -0.483 e. The summed E-state index contributed by atoms with van der Waals surface area (Å²) in [4.78, 5) is 48.1. The summed E-state index contributed by atoms with van der Waals surface area (Å²) >= 11 is 3.98. The number of hydrogen-bond acceptors (Lipinski definition) is 6. The van der Waals surface area contributed by atoms with Crippen molar-refractivity contribution in [1.82, 2.24) is 4.90 Å². The Balaban J connectivity index is 1.73. The van der Waals surface area contributed by atoms with Crippen LogP contribution in [0.25, 0.3) is 6.08 Å². The number of nitrogens with zero attached hydrogens (tertiary/aromatic N) is 1. The first-order valence-corrected chi connectivity index (χ1v) is 10.6. The molecule has 0 aliphatic carbocycles. The number of imide groups is 1. The van der Waals surface area contributed by atoms with E-state index in [9.17, 15) is 19.2 Å². The molecule has 3 rings (SSSR count). The van der Waals surface area contributed by atoms with Gasteiger partial charge in [0.2, 0.25) is 0 Å². The van der Waals surface area contributed by atoms with Crippen LogP contribution in [0.15, 0.2) is 51.8 Å². The molecular weight excluding hydrogens is 488 g/mol. The maximum Gasteiger partial charge on any atom is 0.323 e. The van der Waals surface area contributed by atoms with Gasteiger partial charge in [0.1, 0.15) is 12.3 Å². The molecule has 160 valence electrons. The Morgan fingerprint density at radius 2 is 1.90 bits per heavy atom. The predicted octanol–water partition coefficient (Wildman–Crippen LogP) is 3.90. The third kappa shape index (κ3) is 5.96. The lowest BCUT2D eigenvalue weighted by atomic mass is 10.2.